The van der Waals surface area contributed by atoms with E-state index in [9.17, 15) is 0 Å². The smallest absolute Gasteiger partial charge is 0.0381 e. The van der Waals surface area contributed by atoms with Crippen LogP contribution in [0.5, 0.6) is 0 Å². The summed E-state index contributed by atoms with van der Waals surface area (Å²) in [5, 5.41) is 3.46. The maximum Gasteiger partial charge on any atom is 0.0381 e. The first kappa shape index (κ1) is 11.0. The second kappa shape index (κ2) is 5.02. The molecule has 0 amide bonds. The third-order valence-corrected chi connectivity index (χ3v) is 3.16. The van der Waals surface area contributed by atoms with Gasteiger partial charge in [-0.2, -0.15) is 0 Å². The third-order valence-electron chi connectivity index (χ3n) is 3.16. The number of para-hydroxylation sites is 1. The molecule has 1 nitrogen and oxygen atoms in total. The Labute approximate surface area is 97.9 Å². The van der Waals surface area contributed by atoms with Crippen LogP contribution in [0, 0.1) is 5.92 Å². The van der Waals surface area contributed by atoms with Crippen molar-refractivity contribution >= 4 is 5.69 Å². The molecule has 0 radical (unpaired) electrons. The van der Waals surface area contributed by atoms with Crippen molar-refractivity contribution in [3.8, 4) is 0 Å². The Morgan fingerprint density at radius 1 is 1.25 bits per heavy atom. The van der Waals surface area contributed by atoms with Gasteiger partial charge in [0.15, 0.2) is 0 Å². The average molecular weight is 213 g/mol. The van der Waals surface area contributed by atoms with Gasteiger partial charge in [0.05, 0.1) is 0 Å². The number of anilines is 1. The maximum atomic E-state index is 3.46. The van der Waals surface area contributed by atoms with Gasteiger partial charge in [-0.15, -0.1) is 0 Å². The lowest BCUT2D eigenvalue weighted by molar-refractivity contribution is 0.671. The molecule has 1 aromatic carbocycles. The molecule has 0 saturated carbocycles. The Morgan fingerprint density at radius 2 is 2.00 bits per heavy atom. The van der Waals surface area contributed by atoms with Crippen molar-refractivity contribution in [2.75, 3.05) is 5.32 Å². The summed E-state index contributed by atoms with van der Waals surface area (Å²) >= 11 is 0. The standard InChI is InChI=1S/C15H19N/c1-3-12(2)13-9-10-15(11-13)16-14-7-5-4-6-8-14/h4-9,11-12,16H,3,10H2,1-2H3. The molecule has 0 spiro atoms. The van der Waals surface area contributed by atoms with Gasteiger partial charge in [0.25, 0.3) is 0 Å². The lowest BCUT2D eigenvalue weighted by atomic mass is 10.00. The molecule has 1 heteroatoms. The molecule has 0 bridgehead atoms. The third kappa shape index (κ3) is 2.54. The second-order valence-electron chi connectivity index (χ2n) is 4.38. The molecule has 16 heavy (non-hydrogen) atoms. The van der Waals surface area contributed by atoms with E-state index in [-0.39, 0.29) is 0 Å². The highest BCUT2D eigenvalue weighted by molar-refractivity contribution is 5.51. The molecule has 0 saturated heterocycles. The van der Waals surface area contributed by atoms with E-state index in [4.69, 9.17) is 0 Å². The van der Waals surface area contributed by atoms with Gasteiger partial charge in [0, 0.05) is 17.8 Å². The summed E-state index contributed by atoms with van der Waals surface area (Å²) in [7, 11) is 0. The molecule has 1 aliphatic rings. The van der Waals surface area contributed by atoms with Crippen LogP contribution < -0.4 is 5.32 Å². The Balaban J connectivity index is 2.00. The fraction of sp³-hybridized carbons (Fsp3) is 0.333. The van der Waals surface area contributed by atoms with Gasteiger partial charge in [-0.1, -0.05) is 38.1 Å². The van der Waals surface area contributed by atoms with Crippen LogP contribution in [0.4, 0.5) is 5.69 Å². The van der Waals surface area contributed by atoms with E-state index in [0.29, 0.717) is 5.92 Å². The number of rotatable bonds is 4. The molecule has 0 heterocycles. The summed E-state index contributed by atoms with van der Waals surface area (Å²) in [6.45, 7) is 4.52. The highest BCUT2D eigenvalue weighted by atomic mass is 14.9. The molecule has 1 aliphatic carbocycles. The first-order valence-corrected chi connectivity index (χ1v) is 6.02. The number of nitrogens with one attached hydrogen (secondary N) is 1. The zero-order valence-corrected chi connectivity index (χ0v) is 10.0. The Morgan fingerprint density at radius 3 is 2.69 bits per heavy atom. The van der Waals surface area contributed by atoms with Crippen LogP contribution in [0.1, 0.15) is 26.7 Å². The summed E-state index contributed by atoms with van der Waals surface area (Å²) in [6, 6.07) is 10.4. The minimum Gasteiger partial charge on any atom is -0.359 e. The highest BCUT2D eigenvalue weighted by Gasteiger charge is 2.11. The van der Waals surface area contributed by atoms with Crippen LogP contribution in [-0.2, 0) is 0 Å². The predicted molar refractivity (Wildman–Crippen MR) is 70.3 cm³/mol. The fourth-order valence-electron chi connectivity index (χ4n) is 1.92. The summed E-state index contributed by atoms with van der Waals surface area (Å²) in [5.41, 5.74) is 3.95. The van der Waals surface area contributed by atoms with E-state index in [1.54, 1.807) is 0 Å². The van der Waals surface area contributed by atoms with Crippen molar-refractivity contribution in [3.63, 3.8) is 0 Å². The predicted octanol–water partition coefficient (Wildman–Crippen LogP) is 4.36. The fourth-order valence-corrected chi connectivity index (χ4v) is 1.92. The Kier molecular flexibility index (Phi) is 3.45. The quantitative estimate of drug-likeness (QED) is 0.783. The minimum absolute atomic E-state index is 0.676. The second-order valence-corrected chi connectivity index (χ2v) is 4.38. The van der Waals surface area contributed by atoms with Crippen LogP contribution in [0.3, 0.4) is 0 Å². The van der Waals surface area contributed by atoms with Crippen molar-refractivity contribution < 1.29 is 0 Å². The van der Waals surface area contributed by atoms with Crippen LogP contribution in [0.15, 0.2) is 53.8 Å². The molecular weight excluding hydrogens is 194 g/mol. The van der Waals surface area contributed by atoms with Gasteiger partial charge in [-0.05, 0) is 36.1 Å². The van der Waals surface area contributed by atoms with E-state index < -0.39 is 0 Å². The van der Waals surface area contributed by atoms with Crippen LogP contribution in [0.25, 0.3) is 0 Å². The molecule has 0 aliphatic heterocycles. The zero-order valence-electron chi connectivity index (χ0n) is 10.0. The summed E-state index contributed by atoms with van der Waals surface area (Å²) in [6.07, 6.45) is 6.87. The molecule has 84 valence electrons. The summed E-state index contributed by atoms with van der Waals surface area (Å²) in [4.78, 5) is 0. The van der Waals surface area contributed by atoms with Gasteiger partial charge in [0.2, 0.25) is 0 Å². The van der Waals surface area contributed by atoms with Crippen molar-refractivity contribution in [2.24, 2.45) is 5.92 Å². The minimum atomic E-state index is 0.676. The van der Waals surface area contributed by atoms with E-state index >= 15 is 0 Å². The van der Waals surface area contributed by atoms with Crippen LogP contribution >= 0.6 is 0 Å². The van der Waals surface area contributed by atoms with E-state index in [1.165, 1.54) is 23.4 Å². The van der Waals surface area contributed by atoms with Gasteiger partial charge in [-0.3, -0.25) is 0 Å². The molecule has 1 atom stereocenters. The largest absolute Gasteiger partial charge is 0.359 e. The summed E-state index contributed by atoms with van der Waals surface area (Å²) < 4.78 is 0. The van der Waals surface area contributed by atoms with E-state index in [1.807, 2.05) is 6.07 Å². The normalized spacial score (nSPS) is 16.6. The number of allylic oxidation sites excluding steroid dienone is 3. The lowest BCUT2D eigenvalue weighted by Gasteiger charge is -2.08. The number of benzene rings is 1. The maximum absolute atomic E-state index is 3.46. The van der Waals surface area contributed by atoms with Crippen LogP contribution in [-0.4, -0.2) is 0 Å². The van der Waals surface area contributed by atoms with E-state index in [0.717, 1.165) is 6.42 Å². The Hall–Kier alpha value is -1.50. The highest BCUT2D eigenvalue weighted by Crippen LogP contribution is 2.26. The molecule has 1 N–H and O–H groups in total. The van der Waals surface area contributed by atoms with Crippen molar-refractivity contribution in [3.05, 3.63) is 53.8 Å². The summed E-state index contributed by atoms with van der Waals surface area (Å²) in [5.74, 6) is 0.676. The first-order chi connectivity index (χ1) is 7.79. The molecule has 1 aromatic rings. The molecule has 0 aromatic heterocycles. The molecular formula is C15H19N. The van der Waals surface area contributed by atoms with E-state index in [2.05, 4.69) is 55.6 Å². The number of hydrogen-bond donors (Lipinski definition) is 1. The average Bonchev–Trinajstić information content (AvgIpc) is 2.78. The van der Waals surface area contributed by atoms with Crippen LogP contribution in [0.2, 0.25) is 0 Å². The Bertz CT molecular complexity index is 401. The SMILES string of the molecule is CCC(C)C1=CCC(Nc2ccccc2)=C1. The molecule has 1 unspecified atom stereocenters. The van der Waals surface area contributed by atoms with Gasteiger partial charge in [-0.25, -0.2) is 0 Å². The zero-order chi connectivity index (χ0) is 11.4. The van der Waals surface area contributed by atoms with Crippen molar-refractivity contribution in [2.45, 2.75) is 26.7 Å². The van der Waals surface area contributed by atoms with Crippen molar-refractivity contribution in [1.29, 1.82) is 0 Å². The first-order valence-electron chi connectivity index (χ1n) is 6.02. The molecule has 2 rings (SSSR count). The van der Waals surface area contributed by atoms with Gasteiger partial charge < -0.3 is 5.32 Å². The number of hydrogen-bond acceptors (Lipinski definition) is 1. The van der Waals surface area contributed by atoms with Crippen molar-refractivity contribution in [1.82, 2.24) is 0 Å². The van der Waals surface area contributed by atoms with Gasteiger partial charge in [0.1, 0.15) is 0 Å². The van der Waals surface area contributed by atoms with Gasteiger partial charge >= 0.3 is 0 Å². The monoisotopic (exact) mass is 213 g/mol. The topological polar surface area (TPSA) is 12.0 Å². The lowest BCUT2D eigenvalue weighted by Crippen LogP contribution is -1.97. The molecule has 0 fully saturated rings.